The zero-order valence-corrected chi connectivity index (χ0v) is 8.75. The summed E-state index contributed by atoms with van der Waals surface area (Å²) in [6.45, 7) is 0. The Kier molecular flexibility index (Phi) is 2.70. The van der Waals surface area contributed by atoms with E-state index < -0.39 is 11.9 Å². The van der Waals surface area contributed by atoms with Crippen molar-refractivity contribution in [1.29, 1.82) is 0 Å². The van der Waals surface area contributed by atoms with Gasteiger partial charge in [-0.25, -0.2) is 9.79 Å². The fourth-order valence-electron chi connectivity index (χ4n) is 1.60. The minimum atomic E-state index is -0.989. The van der Waals surface area contributed by atoms with Gasteiger partial charge < -0.3 is 10.8 Å². The molecule has 1 aromatic carbocycles. The number of hydrogen-bond donors (Lipinski definition) is 3. The minimum Gasteiger partial charge on any atom is -0.462 e. The molecule has 0 aliphatic carbocycles. The monoisotopic (exact) mass is 232 g/mol. The van der Waals surface area contributed by atoms with Gasteiger partial charge in [-0.05, 0) is 6.07 Å². The standard InChI is InChI=1S/C11H9N3O3/c12-11(17)13-5-7-9(15)6-3-1-2-4-8(6)14-10(7)16/h1-5,7H,(H2,12,17)(H,14,16)/p+1/t7-/m0/s1. The van der Waals surface area contributed by atoms with Crippen LogP contribution < -0.4 is 10.7 Å². The maximum Gasteiger partial charge on any atom is 0.354 e. The number of aliphatic hydroxyl groups is 1. The number of hydrogen-bond acceptors (Lipinski definition) is 2. The average Bonchev–Trinajstić information content (AvgIpc) is 2.28. The molecule has 1 aliphatic heterocycles. The summed E-state index contributed by atoms with van der Waals surface area (Å²) >= 11 is 0. The maximum atomic E-state index is 12.0. The van der Waals surface area contributed by atoms with Crippen molar-refractivity contribution in [3.63, 3.8) is 0 Å². The molecule has 0 saturated carbocycles. The minimum absolute atomic E-state index is 0.265. The molecule has 0 fully saturated rings. The van der Waals surface area contributed by atoms with Gasteiger partial charge in [0.2, 0.25) is 5.69 Å². The van der Waals surface area contributed by atoms with E-state index in [-0.39, 0.29) is 11.7 Å². The Bertz CT molecular complexity index is 549. The third kappa shape index (κ3) is 2.05. The number of para-hydroxylation sites is 1. The summed E-state index contributed by atoms with van der Waals surface area (Å²) in [6, 6.07) is 5.84. The van der Waals surface area contributed by atoms with Crippen molar-refractivity contribution >= 4 is 29.6 Å². The van der Waals surface area contributed by atoms with Crippen LogP contribution >= 0.6 is 0 Å². The molecule has 6 nitrogen and oxygen atoms in total. The largest absolute Gasteiger partial charge is 0.462 e. The molecule has 1 aliphatic rings. The van der Waals surface area contributed by atoms with E-state index in [2.05, 4.69) is 9.98 Å². The zero-order valence-electron chi connectivity index (χ0n) is 8.75. The van der Waals surface area contributed by atoms with Gasteiger partial charge in [0.1, 0.15) is 0 Å². The molecule has 0 unspecified atom stereocenters. The van der Waals surface area contributed by atoms with Gasteiger partial charge in [0.15, 0.2) is 11.7 Å². The van der Waals surface area contributed by atoms with Crippen molar-refractivity contribution in [3.05, 3.63) is 29.8 Å². The molecule has 1 atom stereocenters. The lowest BCUT2D eigenvalue weighted by molar-refractivity contribution is -0.369. The smallest absolute Gasteiger partial charge is 0.354 e. The topological polar surface area (TPSA) is 107 Å². The summed E-state index contributed by atoms with van der Waals surface area (Å²) in [5, 5.41) is 9.64. The fraction of sp³-hybridized carbons (Fsp3) is 0.0909. The maximum absolute atomic E-state index is 12.0. The third-order valence-electron chi connectivity index (χ3n) is 2.38. The molecule has 0 radical (unpaired) electrons. The summed E-state index contributed by atoms with van der Waals surface area (Å²) in [5.41, 5.74) is 5.80. The van der Waals surface area contributed by atoms with Gasteiger partial charge in [-0.1, -0.05) is 12.1 Å². The number of nitrogens with two attached hydrogens (primary N) is 1. The highest BCUT2D eigenvalue weighted by molar-refractivity contribution is 6.21. The Morgan fingerprint density at radius 3 is 2.88 bits per heavy atom. The van der Waals surface area contributed by atoms with Crippen LogP contribution in [0.4, 0.5) is 10.5 Å². The number of aliphatic hydroxyl groups excluding tert-OH is 1. The number of benzene rings is 1. The van der Waals surface area contributed by atoms with E-state index in [0.717, 1.165) is 6.21 Å². The van der Waals surface area contributed by atoms with Crippen LogP contribution in [0, 0.1) is 5.92 Å². The second-order valence-electron chi connectivity index (χ2n) is 3.51. The first kappa shape index (κ1) is 11.0. The Morgan fingerprint density at radius 2 is 2.18 bits per heavy atom. The molecule has 17 heavy (non-hydrogen) atoms. The van der Waals surface area contributed by atoms with Gasteiger partial charge in [0, 0.05) is 12.3 Å². The summed E-state index contributed by atoms with van der Waals surface area (Å²) in [5.74, 6) is -1.59. The molecule has 1 aromatic rings. The van der Waals surface area contributed by atoms with Crippen LogP contribution in [0.2, 0.25) is 0 Å². The van der Waals surface area contributed by atoms with Crippen molar-refractivity contribution in [2.24, 2.45) is 16.6 Å². The van der Waals surface area contributed by atoms with Crippen LogP contribution in [0.5, 0.6) is 0 Å². The molecule has 2 rings (SSSR count). The normalized spacial score (nSPS) is 18.9. The first-order valence-electron chi connectivity index (χ1n) is 4.89. The first-order chi connectivity index (χ1) is 8.09. The molecule has 1 heterocycles. The number of amides is 2. The second-order valence-corrected chi connectivity index (χ2v) is 3.51. The van der Waals surface area contributed by atoms with Crippen molar-refractivity contribution in [2.75, 3.05) is 0 Å². The third-order valence-corrected chi connectivity index (χ3v) is 2.38. The lowest BCUT2D eigenvalue weighted by Gasteiger charge is -2.10. The summed E-state index contributed by atoms with van der Waals surface area (Å²) in [7, 11) is 0. The van der Waals surface area contributed by atoms with E-state index in [1.807, 2.05) is 0 Å². The summed E-state index contributed by atoms with van der Waals surface area (Å²) in [6.07, 6.45) is 1.03. The molecule has 0 aromatic heterocycles. The Hall–Kier alpha value is -2.50. The van der Waals surface area contributed by atoms with Crippen LogP contribution in [0.3, 0.4) is 0 Å². The number of Topliss-reactive ketones (excluding diaryl/α,β-unsaturated/α-hetero) is 1. The van der Waals surface area contributed by atoms with E-state index in [4.69, 9.17) is 5.73 Å². The van der Waals surface area contributed by atoms with Crippen LogP contribution in [0.25, 0.3) is 0 Å². The Labute approximate surface area is 96.5 Å². The van der Waals surface area contributed by atoms with Crippen molar-refractivity contribution in [3.8, 4) is 0 Å². The second kappa shape index (κ2) is 4.17. The van der Waals surface area contributed by atoms with Crippen LogP contribution in [0.1, 0.15) is 10.4 Å². The predicted molar refractivity (Wildman–Crippen MR) is 60.6 cm³/mol. The number of aliphatic imine (C=N–C) groups is 1. The molecule has 86 valence electrons. The van der Waals surface area contributed by atoms with Gasteiger partial charge in [0.25, 0.3) is 0 Å². The first-order valence-corrected chi connectivity index (χ1v) is 4.89. The molecule has 0 saturated heterocycles. The van der Waals surface area contributed by atoms with E-state index >= 15 is 0 Å². The lowest BCUT2D eigenvalue weighted by Crippen LogP contribution is -2.72. The van der Waals surface area contributed by atoms with E-state index in [1.165, 1.54) is 0 Å². The number of nitrogens with zero attached hydrogens (tertiary/aromatic N) is 1. The summed E-state index contributed by atoms with van der Waals surface area (Å²) in [4.78, 5) is 28.4. The highest BCUT2D eigenvalue weighted by Gasteiger charge is 2.35. The molecular weight excluding hydrogens is 222 g/mol. The molecule has 0 spiro atoms. The Morgan fingerprint density at radius 1 is 1.47 bits per heavy atom. The van der Waals surface area contributed by atoms with Crippen molar-refractivity contribution < 1.29 is 19.7 Å². The Balaban J connectivity index is 2.42. The van der Waals surface area contributed by atoms with Crippen LogP contribution in [-0.4, -0.2) is 29.0 Å². The van der Waals surface area contributed by atoms with Gasteiger partial charge in [-0.15, -0.1) is 0 Å². The molecule has 0 bridgehead atoms. The number of carbonyl (C=O) groups excluding carboxylic acids is 2. The lowest BCUT2D eigenvalue weighted by atomic mass is 9.94. The number of fused-ring (bicyclic) bond motifs is 1. The molecular formula is C11H10N3O3+. The zero-order chi connectivity index (χ0) is 12.4. The van der Waals surface area contributed by atoms with Crippen molar-refractivity contribution in [1.82, 2.24) is 0 Å². The SMILES string of the molecule is NC(=O)N=C[C@H]1C(=O)c2ccccc2[NH+]=C1O. The number of carbonyl (C=O) groups is 2. The van der Waals surface area contributed by atoms with E-state index in [1.54, 1.807) is 24.3 Å². The van der Waals surface area contributed by atoms with Gasteiger partial charge in [0.05, 0.1) is 5.56 Å². The quantitative estimate of drug-likeness (QED) is 0.558. The number of ketones is 1. The van der Waals surface area contributed by atoms with E-state index in [9.17, 15) is 14.7 Å². The average molecular weight is 232 g/mol. The van der Waals surface area contributed by atoms with Crippen molar-refractivity contribution in [2.45, 2.75) is 0 Å². The molecule has 6 heteroatoms. The highest BCUT2D eigenvalue weighted by Crippen LogP contribution is 2.17. The number of urea groups is 1. The highest BCUT2D eigenvalue weighted by atomic mass is 16.3. The number of nitrogens with one attached hydrogen (secondary N) is 1. The number of rotatable bonds is 1. The molecule has 2 amide bonds. The van der Waals surface area contributed by atoms with Gasteiger partial charge >= 0.3 is 11.9 Å². The van der Waals surface area contributed by atoms with Gasteiger partial charge in [-0.3, -0.25) is 4.79 Å². The fourth-order valence-corrected chi connectivity index (χ4v) is 1.60. The van der Waals surface area contributed by atoms with E-state index in [0.29, 0.717) is 11.3 Å². The van der Waals surface area contributed by atoms with Crippen LogP contribution in [-0.2, 0) is 0 Å². The summed E-state index contributed by atoms with van der Waals surface area (Å²) < 4.78 is 0. The molecule has 4 N–H and O–H groups in total. The van der Waals surface area contributed by atoms with Crippen LogP contribution in [0.15, 0.2) is 29.3 Å². The number of primary amides is 1. The predicted octanol–water partition coefficient (Wildman–Crippen LogP) is -0.683. The van der Waals surface area contributed by atoms with Gasteiger partial charge in [-0.2, -0.15) is 4.99 Å².